The minimum atomic E-state index is -4.44. The normalized spacial score (nSPS) is 15.4. The number of carbonyl (C=O) groups is 1. The van der Waals surface area contributed by atoms with E-state index in [1.54, 1.807) is 17.0 Å². The Morgan fingerprint density at radius 3 is 2.31 bits per heavy atom. The van der Waals surface area contributed by atoms with E-state index in [9.17, 15) is 18.0 Å². The molecule has 1 aromatic heterocycles. The fourth-order valence-corrected chi connectivity index (χ4v) is 3.02. The Morgan fingerprint density at radius 2 is 1.69 bits per heavy atom. The molecule has 138 valence electrons. The maximum absolute atomic E-state index is 13.1. The van der Waals surface area contributed by atoms with Gasteiger partial charge >= 0.3 is 6.18 Å². The molecule has 1 aliphatic rings. The Hall–Kier alpha value is -2.57. The number of hydrogen-bond donors (Lipinski definition) is 1. The number of likely N-dealkylation sites (tertiary alicyclic amines) is 1. The van der Waals surface area contributed by atoms with Gasteiger partial charge in [-0.3, -0.25) is 4.79 Å². The first-order valence-corrected chi connectivity index (χ1v) is 8.64. The van der Waals surface area contributed by atoms with Gasteiger partial charge in [-0.2, -0.15) is 13.2 Å². The van der Waals surface area contributed by atoms with Crippen LogP contribution in [0.5, 0.6) is 0 Å². The van der Waals surface area contributed by atoms with Gasteiger partial charge in [-0.1, -0.05) is 25.0 Å². The molecule has 0 radical (unpaired) electrons. The third-order valence-corrected chi connectivity index (χ3v) is 4.39. The van der Waals surface area contributed by atoms with Crippen LogP contribution in [0.3, 0.4) is 0 Å². The van der Waals surface area contributed by atoms with E-state index in [-0.39, 0.29) is 11.6 Å². The minimum absolute atomic E-state index is 0.0478. The molecule has 0 bridgehead atoms. The number of pyridine rings is 1. The molecule has 2 aromatic rings. The van der Waals surface area contributed by atoms with Crippen LogP contribution in [0.4, 0.5) is 24.5 Å². The summed E-state index contributed by atoms with van der Waals surface area (Å²) in [5.41, 5.74) is -0.0891. The molecule has 1 aromatic carbocycles. The second-order valence-electron chi connectivity index (χ2n) is 6.31. The number of alkyl halides is 3. The summed E-state index contributed by atoms with van der Waals surface area (Å²) in [4.78, 5) is 18.4. The molecule has 4 nitrogen and oxygen atoms in total. The fraction of sp³-hybridized carbons (Fsp3) is 0.368. The average molecular weight is 363 g/mol. The van der Waals surface area contributed by atoms with Gasteiger partial charge in [0.05, 0.1) is 23.1 Å². The second kappa shape index (κ2) is 7.76. The van der Waals surface area contributed by atoms with Crippen molar-refractivity contribution in [3.63, 3.8) is 0 Å². The first-order chi connectivity index (χ1) is 12.4. The molecule has 1 fully saturated rings. The summed E-state index contributed by atoms with van der Waals surface area (Å²) >= 11 is 0. The summed E-state index contributed by atoms with van der Waals surface area (Å²) in [6.45, 7) is 1.44. The lowest BCUT2D eigenvalue weighted by Gasteiger charge is -2.20. The van der Waals surface area contributed by atoms with E-state index >= 15 is 0 Å². The number of anilines is 2. The summed E-state index contributed by atoms with van der Waals surface area (Å²) in [5, 5.41) is 2.73. The zero-order valence-electron chi connectivity index (χ0n) is 14.2. The Labute approximate surface area is 150 Å². The van der Waals surface area contributed by atoms with Crippen LogP contribution in [0.25, 0.3) is 0 Å². The van der Waals surface area contributed by atoms with Crippen LogP contribution in [0, 0.1) is 0 Å². The second-order valence-corrected chi connectivity index (χ2v) is 6.31. The van der Waals surface area contributed by atoms with E-state index in [2.05, 4.69) is 10.3 Å². The van der Waals surface area contributed by atoms with Crippen LogP contribution >= 0.6 is 0 Å². The first kappa shape index (κ1) is 18.2. The molecular formula is C19H20F3N3O. The molecule has 2 heterocycles. The van der Waals surface area contributed by atoms with Crippen molar-refractivity contribution in [2.75, 3.05) is 18.4 Å². The lowest BCUT2D eigenvalue weighted by atomic mass is 10.1. The highest BCUT2D eigenvalue weighted by atomic mass is 19.4. The Kier molecular flexibility index (Phi) is 5.44. The van der Waals surface area contributed by atoms with Gasteiger partial charge in [-0.05, 0) is 37.1 Å². The highest BCUT2D eigenvalue weighted by Gasteiger charge is 2.33. The number of aromatic nitrogens is 1. The Morgan fingerprint density at radius 1 is 1.00 bits per heavy atom. The van der Waals surface area contributed by atoms with Crippen LogP contribution in [-0.2, 0) is 6.18 Å². The zero-order chi connectivity index (χ0) is 18.6. The van der Waals surface area contributed by atoms with Gasteiger partial charge in [-0.15, -0.1) is 0 Å². The van der Waals surface area contributed by atoms with Crippen molar-refractivity contribution in [2.45, 2.75) is 31.9 Å². The molecule has 1 saturated heterocycles. The molecule has 1 amide bonds. The average Bonchev–Trinajstić information content (AvgIpc) is 2.91. The summed E-state index contributed by atoms with van der Waals surface area (Å²) in [5.74, 6) is -0.130. The van der Waals surface area contributed by atoms with Crippen molar-refractivity contribution in [1.82, 2.24) is 9.88 Å². The zero-order valence-corrected chi connectivity index (χ0v) is 14.2. The first-order valence-electron chi connectivity index (χ1n) is 8.64. The van der Waals surface area contributed by atoms with Crippen molar-refractivity contribution in [2.24, 2.45) is 0 Å². The molecule has 26 heavy (non-hydrogen) atoms. The number of nitrogens with zero attached hydrogens (tertiary/aromatic N) is 2. The van der Waals surface area contributed by atoms with E-state index in [4.69, 9.17) is 0 Å². The van der Waals surface area contributed by atoms with Gasteiger partial charge in [0.15, 0.2) is 0 Å². The number of hydrogen-bond acceptors (Lipinski definition) is 3. The van der Waals surface area contributed by atoms with E-state index in [1.165, 1.54) is 24.4 Å². The summed E-state index contributed by atoms with van der Waals surface area (Å²) in [7, 11) is 0. The summed E-state index contributed by atoms with van der Waals surface area (Å²) < 4.78 is 39.2. The van der Waals surface area contributed by atoms with Crippen molar-refractivity contribution in [3.8, 4) is 0 Å². The molecule has 1 N–H and O–H groups in total. The molecule has 0 unspecified atom stereocenters. The SMILES string of the molecule is O=C(c1ccc(Nc2ccccc2C(F)(F)F)cn1)N1CCCCCC1. The van der Waals surface area contributed by atoms with Gasteiger partial charge < -0.3 is 10.2 Å². The molecule has 0 spiro atoms. The predicted molar refractivity (Wildman–Crippen MR) is 93.3 cm³/mol. The number of halogens is 3. The number of amides is 1. The molecule has 0 saturated carbocycles. The largest absolute Gasteiger partial charge is 0.418 e. The summed E-state index contributed by atoms with van der Waals surface area (Å²) in [6, 6.07) is 8.38. The van der Waals surface area contributed by atoms with Gasteiger partial charge in [0, 0.05) is 13.1 Å². The molecule has 3 rings (SSSR count). The van der Waals surface area contributed by atoms with Gasteiger partial charge in [0.2, 0.25) is 0 Å². The topological polar surface area (TPSA) is 45.2 Å². The summed E-state index contributed by atoms with van der Waals surface area (Å²) in [6.07, 6.45) is 1.16. The van der Waals surface area contributed by atoms with Crippen molar-refractivity contribution >= 4 is 17.3 Å². The quantitative estimate of drug-likeness (QED) is 0.847. The van der Waals surface area contributed by atoms with Crippen LogP contribution in [0.1, 0.15) is 41.7 Å². The van der Waals surface area contributed by atoms with Gasteiger partial charge in [0.1, 0.15) is 5.69 Å². The van der Waals surface area contributed by atoms with Gasteiger partial charge in [-0.25, -0.2) is 4.98 Å². The van der Waals surface area contributed by atoms with E-state index < -0.39 is 11.7 Å². The van der Waals surface area contributed by atoms with Crippen LogP contribution in [-0.4, -0.2) is 28.9 Å². The molecular weight excluding hydrogens is 343 g/mol. The van der Waals surface area contributed by atoms with Crippen molar-refractivity contribution in [1.29, 1.82) is 0 Å². The smallest absolute Gasteiger partial charge is 0.354 e. The van der Waals surface area contributed by atoms with E-state index in [0.717, 1.165) is 44.8 Å². The minimum Gasteiger partial charge on any atom is -0.354 e. The van der Waals surface area contributed by atoms with Crippen molar-refractivity contribution < 1.29 is 18.0 Å². The molecule has 0 atom stereocenters. The Balaban J connectivity index is 1.73. The monoisotopic (exact) mass is 363 g/mol. The third kappa shape index (κ3) is 4.33. The number of benzene rings is 1. The molecule has 1 aliphatic heterocycles. The number of rotatable bonds is 3. The van der Waals surface area contributed by atoms with Gasteiger partial charge in [0.25, 0.3) is 5.91 Å². The lowest BCUT2D eigenvalue weighted by Crippen LogP contribution is -2.32. The third-order valence-electron chi connectivity index (χ3n) is 4.39. The standard InChI is InChI=1S/C19H20F3N3O/c20-19(21,22)15-7-3-4-8-16(15)24-14-9-10-17(23-13-14)18(26)25-11-5-1-2-6-12-25/h3-4,7-10,13,24H,1-2,5-6,11-12H2. The maximum Gasteiger partial charge on any atom is 0.418 e. The Bertz CT molecular complexity index is 751. The number of carbonyl (C=O) groups excluding carboxylic acids is 1. The highest BCUT2D eigenvalue weighted by molar-refractivity contribution is 5.92. The predicted octanol–water partition coefficient (Wildman–Crippen LogP) is 4.86. The van der Waals surface area contributed by atoms with Crippen molar-refractivity contribution in [3.05, 3.63) is 53.9 Å². The molecule has 7 heteroatoms. The van der Waals surface area contributed by atoms with Crippen LogP contribution in [0.2, 0.25) is 0 Å². The fourth-order valence-electron chi connectivity index (χ4n) is 3.02. The lowest BCUT2D eigenvalue weighted by molar-refractivity contribution is -0.136. The highest BCUT2D eigenvalue weighted by Crippen LogP contribution is 2.35. The number of nitrogens with one attached hydrogen (secondary N) is 1. The van der Waals surface area contributed by atoms with Crippen LogP contribution < -0.4 is 5.32 Å². The van der Waals surface area contributed by atoms with E-state index in [0.29, 0.717) is 11.4 Å². The maximum atomic E-state index is 13.1. The number of para-hydroxylation sites is 1. The van der Waals surface area contributed by atoms with Crippen LogP contribution in [0.15, 0.2) is 42.6 Å². The molecule has 0 aliphatic carbocycles. The van der Waals surface area contributed by atoms with E-state index in [1.807, 2.05) is 0 Å².